The Morgan fingerprint density at radius 1 is 1.10 bits per heavy atom. The van der Waals surface area contributed by atoms with Crippen LogP contribution in [-0.2, 0) is 0 Å². The van der Waals surface area contributed by atoms with E-state index in [0.717, 1.165) is 30.0 Å². The fourth-order valence-electron chi connectivity index (χ4n) is 4.29. The van der Waals surface area contributed by atoms with Crippen molar-refractivity contribution in [3.63, 3.8) is 0 Å². The number of pyridine rings is 1. The molecule has 0 N–H and O–H groups in total. The van der Waals surface area contributed by atoms with E-state index in [1.54, 1.807) is 6.20 Å². The van der Waals surface area contributed by atoms with Gasteiger partial charge in [-0.3, -0.25) is 4.79 Å². The van der Waals surface area contributed by atoms with Crippen molar-refractivity contribution in [1.29, 1.82) is 0 Å². The minimum Gasteiger partial charge on any atom is -0.490 e. The standard InChI is InChI=1S/C23H28ClN3O2/c1-26(19-4-2-3-5-19)22-16-17(10-13-25-22)23(28)27-14-11-21(12-15-27)29-20-8-6-18(24)7-9-20/h6-10,13,16,19,21H,2-5,11-12,14-15H2,1H3. The van der Waals surface area contributed by atoms with Crippen molar-refractivity contribution < 1.29 is 9.53 Å². The van der Waals surface area contributed by atoms with Gasteiger partial charge in [0.15, 0.2) is 0 Å². The van der Waals surface area contributed by atoms with Crippen LogP contribution < -0.4 is 9.64 Å². The fraction of sp³-hybridized carbons (Fsp3) is 0.478. The van der Waals surface area contributed by atoms with Gasteiger partial charge in [-0.1, -0.05) is 24.4 Å². The fourth-order valence-corrected chi connectivity index (χ4v) is 4.41. The maximum Gasteiger partial charge on any atom is 0.254 e. The van der Waals surface area contributed by atoms with Gasteiger partial charge in [0, 0.05) is 55.8 Å². The Balaban J connectivity index is 1.34. The van der Waals surface area contributed by atoms with Gasteiger partial charge in [-0.2, -0.15) is 0 Å². The number of anilines is 1. The van der Waals surface area contributed by atoms with E-state index in [0.29, 0.717) is 24.2 Å². The van der Waals surface area contributed by atoms with Crippen LogP contribution in [-0.4, -0.2) is 48.1 Å². The lowest BCUT2D eigenvalue weighted by Gasteiger charge is -2.32. The molecule has 0 radical (unpaired) electrons. The van der Waals surface area contributed by atoms with E-state index in [9.17, 15) is 4.79 Å². The summed E-state index contributed by atoms with van der Waals surface area (Å²) in [4.78, 5) is 21.7. The van der Waals surface area contributed by atoms with E-state index in [-0.39, 0.29) is 12.0 Å². The number of hydrogen-bond acceptors (Lipinski definition) is 4. The quantitative estimate of drug-likeness (QED) is 0.706. The molecule has 2 heterocycles. The lowest BCUT2D eigenvalue weighted by molar-refractivity contribution is 0.0595. The first-order valence-corrected chi connectivity index (χ1v) is 10.9. The zero-order valence-electron chi connectivity index (χ0n) is 16.9. The third-order valence-corrected chi connectivity index (χ3v) is 6.32. The number of carbonyl (C=O) groups excluding carboxylic acids is 1. The van der Waals surface area contributed by atoms with Gasteiger partial charge in [0.25, 0.3) is 5.91 Å². The number of amides is 1. The summed E-state index contributed by atoms with van der Waals surface area (Å²) in [6.45, 7) is 1.40. The Morgan fingerprint density at radius 3 is 2.48 bits per heavy atom. The van der Waals surface area contributed by atoms with Gasteiger partial charge in [-0.15, -0.1) is 0 Å². The molecule has 5 nitrogen and oxygen atoms in total. The van der Waals surface area contributed by atoms with Crippen molar-refractivity contribution in [2.45, 2.75) is 50.7 Å². The van der Waals surface area contributed by atoms with Gasteiger partial charge in [0.05, 0.1) is 0 Å². The molecule has 1 amide bonds. The van der Waals surface area contributed by atoms with Crippen molar-refractivity contribution >= 4 is 23.3 Å². The Labute approximate surface area is 177 Å². The first-order chi connectivity index (χ1) is 14.1. The van der Waals surface area contributed by atoms with Crippen LogP contribution in [0.2, 0.25) is 5.02 Å². The molecule has 1 aromatic heterocycles. The van der Waals surface area contributed by atoms with E-state index in [4.69, 9.17) is 16.3 Å². The number of rotatable bonds is 5. The Bertz CT molecular complexity index is 828. The van der Waals surface area contributed by atoms with Crippen LogP contribution >= 0.6 is 11.6 Å². The molecule has 1 aromatic carbocycles. The number of piperidine rings is 1. The maximum atomic E-state index is 13.0. The summed E-state index contributed by atoms with van der Waals surface area (Å²) in [5.74, 6) is 1.80. The molecule has 0 spiro atoms. The predicted molar refractivity (Wildman–Crippen MR) is 116 cm³/mol. The van der Waals surface area contributed by atoms with Gasteiger partial charge in [0.2, 0.25) is 0 Å². The van der Waals surface area contributed by atoms with E-state index >= 15 is 0 Å². The highest BCUT2D eigenvalue weighted by atomic mass is 35.5. The van der Waals surface area contributed by atoms with E-state index in [1.807, 2.05) is 41.3 Å². The first kappa shape index (κ1) is 20.0. The van der Waals surface area contributed by atoms with Crippen LogP contribution in [0.4, 0.5) is 5.82 Å². The minimum absolute atomic E-state index is 0.0819. The Hall–Kier alpha value is -2.27. The monoisotopic (exact) mass is 413 g/mol. The van der Waals surface area contributed by atoms with E-state index in [1.165, 1.54) is 25.7 Å². The van der Waals surface area contributed by atoms with E-state index < -0.39 is 0 Å². The molecule has 1 aliphatic heterocycles. The van der Waals surface area contributed by atoms with Gasteiger partial charge in [-0.25, -0.2) is 4.98 Å². The predicted octanol–water partition coefficient (Wildman–Crippen LogP) is 4.80. The average molecular weight is 414 g/mol. The molecule has 154 valence electrons. The van der Waals surface area contributed by atoms with Crippen LogP contribution in [0.15, 0.2) is 42.6 Å². The number of ether oxygens (including phenoxy) is 1. The molecule has 0 unspecified atom stereocenters. The molecule has 1 saturated heterocycles. The number of nitrogens with zero attached hydrogens (tertiary/aromatic N) is 3. The molecule has 1 saturated carbocycles. The van der Waals surface area contributed by atoms with Crippen molar-refractivity contribution in [2.75, 3.05) is 25.0 Å². The van der Waals surface area contributed by atoms with Crippen LogP contribution in [0.3, 0.4) is 0 Å². The largest absolute Gasteiger partial charge is 0.490 e. The zero-order valence-corrected chi connectivity index (χ0v) is 17.6. The lowest BCUT2D eigenvalue weighted by atomic mass is 10.1. The zero-order chi connectivity index (χ0) is 20.2. The molecule has 0 atom stereocenters. The molecular formula is C23H28ClN3O2. The highest BCUT2D eigenvalue weighted by molar-refractivity contribution is 6.30. The molecule has 2 aliphatic rings. The molecule has 4 rings (SSSR count). The van der Waals surface area contributed by atoms with Crippen LogP contribution in [0, 0.1) is 0 Å². The third kappa shape index (κ3) is 4.84. The lowest BCUT2D eigenvalue weighted by Crippen LogP contribution is -2.41. The number of aromatic nitrogens is 1. The van der Waals surface area contributed by atoms with Crippen molar-refractivity contribution in [2.24, 2.45) is 0 Å². The van der Waals surface area contributed by atoms with Gasteiger partial charge in [-0.05, 0) is 49.2 Å². The van der Waals surface area contributed by atoms with Crippen molar-refractivity contribution in [1.82, 2.24) is 9.88 Å². The smallest absolute Gasteiger partial charge is 0.254 e. The molecule has 6 heteroatoms. The topological polar surface area (TPSA) is 45.7 Å². The number of benzene rings is 1. The van der Waals surface area contributed by atoms with Gasteiger partial charge >= 0.3 is 0 Å². The normalized spacial score (nSPS) is 18.1. The number of halogens is 1. The van der Waals surface area contributed by atoms with Crippen LogP contribution in [0.25, 0.3) is 0 Å². The SMILES string of the molecule is CN(c1cc(C(=O)N2CCC(Oc3ccc(Cl)cc3)CC2)ccn1)C1CCCC1. The van der Waals surface area contributed by atoms with Crippen LogP contribution in [0.1, 0.15) is 48.9 Å². The van der Waals surface area contributed by atoms with Crippen molar-refractivity contribution in [3.8, 4) is 5.75 Å². The molecule has 29 heavy (non-hydrogen) atoms. The van der Waals surface area contributed by atoms with Gasteiger partial charge < -0.3 is 14.5 Å². The Kier molecular flexibility index (Phi) is 6.24. The molecule has 0 bridgehead atoms. The number of hydrogen-bond donors (Lipinski definition) is 0. The number of carbonyl (C=O) groups is 1. The molecule has 1 aliphatic carbocycles. The highest BCUT2D eigenvalue weighted by Gasteiger charge is 2.26. The van der Waals surface area contributed by atoms with Gasteiger partial charge in [0.1, 0.15) is 17.7 Å². The third-order valence-electron chi connectivity index (χ3n) is 6.07. The summed E-state index contributed by atoms with van der Waals surface area (Å²) in [7, 11) is 2.09. The average Bonchev–Trinajstić information content (AvgIpc) is 3.30. The maximum absolute atomic E-state index is 13.0. The van der Waals surface area contributed by atoms with Crippen LogP contribution in [0.5, 0.6) is 5.75 Å². The number of likely N-dealkylation sites (tertiary alicyclic amines) is 1. The first-order valence-electron chi connectivity index (χ1n) is 10.5. The second-order valence-corrected chi connectivity index (χ2v) is 8.45. The molecule has 2 aromatic rings. The second kappa shape index (κ2) is 9.04. The highest BCUT2D eigenvalue weighted by Crippen LogP contribution is 2.27. The molecular weight excluding hydrogens is 386 g/mol. The summed E-state index contributed by atoms with van der Waals surface area (Å²) < 4.78 is 6.04. The summed E-state index contributed by atoms with van der Waals surface area (Å²) in [5, 5.41) is 0.702. The second-order valence-electron chi connectivity index (χ2n) is 8.02. The Morgan fingerprint density at radius 2 is 1.79 bits per heavy atom. The van der Waals surface area contributed by atoms with E-state index in [2.05, 4.69) is 16.9 Å². The molecule has 2 fully saturated rings. The minimum atomic E-state index is 0.0819. The summed E-state index contributed by atoms with van der Waals surface area (Å²) >= 11 is 5.93. The summed E-state index contributed by atoms with van der Waals surface area (Å²) in [6.07, 6.45) is 8.50. The summed E-state index contributed by atoms with van der Waals surface area (Å²) in [6, 6.07) is 11.7. The van der Waals surface area contributed by atoms with Crippen molar-refractivity contribution in [3.05, 3.63) is 53.2 Å². The summed E-state index contributed by atoms with van der Waals surface area (Å²) in [5.41, 5.74) is 0.719.